The molecule has 0 fully saturated rings. The second kappa shape index (κ2) is 9.27. The van der Waals surface area contributed by atoms with E-state index in [4.69, 9.17) is 11.6 Å². The molecule has 0 aliphatic carbocycles. The molecule has 1 rings (SSSR count). The Morgan fingerprint density at radius 1 is 1.45 bits per heavy atom. The van der Waals surface area contributed by atoms with E-state index in [9.17, 15) is 18.0 Å². The zero-order valence-electron chi connectivity index (χ0n) is 12.0. The normalized spacial score (nSPS) is 13.0. The molecule has 1 amide bonds. The zero-order valence-corrected chi connectivity index (χ0v) is 13.5. The summed E-state index contributed by atoms with van der Waals surface area (Å²) < 4.78 is 40.2. The first kappa shape index (κ1) is 19.1. The lowest BCUT2D eigenvalue weighted by Crippen LogP contribution is -2.37. The topological polar surface area (TPSA) is 38.3 Å². The van der Waals surface area contributed by atoms with Gasteiger partial charge in [-0.05, 0) is 24.6 Å². The number of alkyl halides is 3. The second-order valence-corrected chi connectivity index (χ2v) is 6.14. The fourth-order valence-electron chi connectivity index (χ4n) is 1.60. The Morgan fingerprint density at radius 3 is 2.82 bits per heavy atom. The smallest absolute Gasteiger partial charge is 0.370 e. The molecule has 22 heavy (non-hydrogen) atoms. The van der Waals surface area contributed by atoms with Gasteiger partial charge in [-0.25, -0.2) is 0 Å². The van der Waals surface area contributed by atoms with E-state index in [0.717, 1.165) is 5.56 Å². The third kappa shape index (κ3) is 9.17. The number of benzene rings is 1. The number of carbonyl (C=O) groups excluding carboxylic acids is 1. The summed E-state index contributed by atoms with van der Waals surface area (Å²) in [6.45, 7) is 0.108. The first-order chi connectivity index (χ1) is 10.3. The van der Waals surface area contributed by atoms with Gasteiger partial charge in [-0.3, -0.25) is 4.79 Å². The molecule has 0 bridgehead atoms. The SMILES string of the molecule is CC(COCC(F)(F)F)NC(=O)CSCc1cccc(Cl)c1. The lowest BCUT2D eigenvalue weighted by atomic mass is 10.2. The van der Waals surface area contributed by atoms with Crippen molar-refractivity contribution in [1.82, 2.24) is 5.32 Å². The minimum absolute atomic E-state index is 0.176. The summed E-state index contributed by atoms with van der Waals surface area (Å²) in [5.74, 6) is 0.610. The van der Waals surface area contributed by atoms with Crippen molar-refractivity contribution in [2.75, 3.05) is 19.0 Å². The molecular weight excluding hydrogens is 339 g/mol. The first-order valence-corrected chi connectivity index (χ1v) is 8.05. The van der Waals surface area contributed by atoms with Crippen LogP contribution in [0.25, 0.3) is 0 Å². The molecule has 8 heteroatoms. The second-order valence-electron chi connectivity index (χ2n) is 4.72. The largest absolute Gasteiger partial charge is 0.411 e. The van der Waals surface area contributed by atoms with Gasteiger partial charge < -0.3 is 10.1 Å². The Labute approximate surface area is 136 Å². The van der Waals surface area contributed by atoms with Crippen LogP contribution in [-0.2, 0) is 15.3 Å². The van der Waals surface area contributed by atoms with Crippen molar-refractivity contribution < 1.29 is 22.7 Å². The van der Waals surface area contributed by atoms with Crippen molar-refractivity contribution in [3.05, 3.63) is 34.9 Å². The van der Waals surface area contributed by atoms with Gasteiger partial charge >= 0.3 is 6.18 Å². The van der Waals surface area contributed by atoms with Gasteiger partial charge in [0.05, 0.1) is 12.4 Å². The number of nitrogens with one attached hydrogen (secondary N) is 1. The van der Waals surface area contributed by atoms with Crippen LogP contribution in [-0.4, -0.2) is 37.1 Å². The first-order valence-electron chi connectivity index (χ1n) is 6.52. The summed E-state index contributed by atoms with van der Waals surface area (Å²) in [7, 11) is 0. The Hall–Kier alpha value is -0.920. The molecule has 0 aliphatic heterocycles. The maximum Gasteiger partial charge on any atom is 0.411 e. The zero-order chi connectivity index (χ0) is 16.6. The van der Waals surface area contributed by atoms with E-state index < -0.39 is 18.8 Å². The van der Waals surface area contributed by atoms with Gasteiger partial charge in [0.2, 0.25) is 5.91 Å². The highest BCUT2D eigenvalue weighted by atomic mass is 35.5. The summed E-state index contributed by atoms with van der Waals surface area (Å²) in [6.07, 6.45) is -4.35. The summed E-state index contributed by atoms with van der Waals surface area (Å²) in [4.78, 5) is 11.6. The fourth-order valence-corrected chi connectivity index (χ4v) is 2.60. The van der Waals surface area contributed by atoms with E-state index in [-0.39, 0.29) is 18.3 Å². The quantitative estimate of drug-likeness (QED) is 0.773. The minimum atomic E-state index is -4.35. The monoisotopic (exact) mass is 355 g/mol. The van der Waals surface area contributed by atoms with Crippen LogP contribution in [0.4, 0.5) is 13.2 Å². The van der Waals surface area contributed by atoms with Crippen molar-refractivity contribution >= 4 is 29.3 Å². The van der Waals surface area contributed by atoms with Crippen LogP contribution < -0.4 is 5.32 Å². The van der Waals surface area contributed by atoms with Crippen molar-refractivity contribution in [2.24, 2.45) is 0 Å². The van der Waals surface area contributed by atoms with E-state index in [1.807, 2.05) is 18.2 Å². The minimum Gasteiger partial charge on any atom is -0.370 e. The lowest BCUT2D eigenvalue weighted by Gasteiger charge is -2.15. The van der Waals surface area contributed by atoms with E-state index in [1.54, 1.807) is 13.0 Å². The molecule has 0 heterocycles. The van der Waals surface area contributed by atoms with Crippen LogP contribution in [0.15, 0.2) is 24.3 Å². The number of rotatable bonds is 8. The summed E-state index contributed by atoms with van der Waals surface area (Å²) in [6, 6.07) is 6.86. The van der Waals surface area contributed by atoms with Gasteiger partial charge in [-0.1, -0.05) is 23.7 Å². The number of thioether (sulfide) groups is 1. The molecule has 0 saturated heterocycles. The maximum atomic E-state index is 11.9. The van der Waals surface area contributed by atoms with Gasteiger partial charge in [-0.2, -0.15) is 13.2 Å². The van der Waals surface area contributed by atoms with Crippen LogP contribution >= 0.6 is 23.4 Å². The molecule has 1 atom stereocenters. The average Bonchev–Trinajstić information content (AvgIpc) is 2.37. The highest BCUT2D eigenvalue weighted by molar-refractivity contribution is 7.99. The third-order valence-electron chi connectivity index (χ3n) is 2.43. The van der Waals surface area contributed by atoms with E-state index in [2.05, 4.69) is 10.1 Å². The molecule has 0 aliphatic rings. The van der Waals surface area contributed by atoms with Gasteiger partial charge in [0.25, 0.3) is 0 Å². The van der Waals surface area contributed by atoms with E-state index in [1.165, 1.54) is 11.8 Å². The molecule has 1 unspecified atom stereocenters. The van der Waals surface area contributed by atoms with Crippen LogP contribution in [0.2, 0.25) is 5.02 Å². The highest BCUT2D eigenvalue weighted by Crippen LogP contribution is 2.16. The van der Waals surface area contributed by atoms with Crippen molar-refractivity contribution in [3.63, 3.8) is 0 Å². The van der Waals surface area contributed by atoms with Gasteiger partial charge in [0.1, 0.15) is 6.61 Å². The van der Waals surface area contributed by atoms with Crippen LogP contribution in [0.5, 0.6) is 0 Å². The standard InChI is InChI=1S/C14H17ClF3NO2S/c1-10(6-21-9-14(16,17)18)19-13(20)8-22-7-11-3-2-4-12(15)5-11/h2-5,10H,6-9H2,1H3,(H,19,20). The number of hydrogen-bond acceptors (Lipinski definition) is 3. The van der Waals surface area contributed by atoms with Crippen LogP contribution in [0.3, 0.4) is 0 Å². The predicted octanol–water partition coefficient (Wildman–Crippen LogP) is 3.66. The predicted molar refractivity (Wildman–Crippen MR) is 82.1 cm³/mol. The summed E-state index contributed by atoms with van der Waals surface area (Å²) >= 11 is 7.25. The van der Waals surface area contributed by atoms with Crippen molar-refractivity contribution in [3.8, 4) is 0 Å². The van der Waals surface area contributed by atoms with E-state index in [0.29, 0.717) is 10.8 Å². The van der Waals surface area contributed by atoms with Gasteiger partial charge in [-0.15, -0.1) is 11.8 Å². The number of amides is 1. The van der Waals surface area contributed by atoms with Crippen molar-refractivity contribution in [1.29, 1.82) is 0 Å². The lowest BCUT2D eigenvalue weighted by molar-refractivity contribution is -0.175. The molecular formula is C14H17ClF3NO2S. The Kier molecular flexibility index (Phi) is 8.06. The summed E-state index contributed by atoms with van der Waals surface area (Å²) in [5, 5.41) is 3.22. The number of halogens is 4. The number of carbonyl (C=O) groups is 1. The average molecular weight is 356 g/mol. The summed E-state index contributed by atoms with van der Waals surface area (Å²) in [5.41, 5.74) is 1.01. The van der Waals surface area contributed by atoms with Crippen LogP contribution in [0.1, 0.15) is 12.5 Å². The Balaban J connectivity index is 2.17. The van der Waals surface area contributed by atoms with Gasteiger partial charge in [0.15, 0.2) is 0 Å². The Bertz CT molecular complexity index is 485. The van der Waals surface area contributed by atoms with Gasteiger partial charge in [0, 0.05) is 16.8 Å². The molecule has 0 radical (unpaired) electrons. The number of hydrogen-bond donors (Lipinski definition) is 1. The fraction of sp³-hybridized carbons (Fsp3) is 0.500. The Morgan fingerprint density at radius 2 is 2.18 bits per heavy atom. The molecule has 1 N–H and O–H groups in total. The highest BCUT2D eigenvalue weighted by Gasteiger charge is 2.27. The number of ether oxygens (including phenoxy) is 1. The molecule has 0 spiro atoms. The third-order valence-corrected chi connectivity index (χ3v) is 3.67. The molecule has 1 aromatic rings. The molecule has 1 aromatic carbocycles. The van der Waals surface area contributed by atoms with Crippen LogP contribution in [0, 0.1) is 0 Å². The molecule has 124 valence electrons. The molecule has 0 aromatic heterocycles. The maximum absolute atomic E-state index is 11.9. The van der Waals surface area contributed by atoms with Crippen molar-refractivity contribution in [2.45, 2.75) is 24.9 Å². The molecule has 0 saturated carbocycles. The van der Waals surface area contributed by atoms with E-state index >= 15 is 0 Å². The molecule has 3 nitrogen and oxygen atoms in total.